The van der Waals surface area contributed by atoms with E-state index in [1.54, 1.807) is 41.0 Å². The Morgan fingerprint density at radius 3 is 2.65 bits per heavy atom. The van der Waals surface area contributed by atoms with Gasteiger partial charge in [-0.05, 0) is 42.6 Å². The number of carbonyl (C=O) groups excluding carboxylic acids is 2. The summed E-state index contributed by atoms with van der Waals surface area (Å²) < 4.78 is 5.38. The van der Waals surface area contributed by atoms with E-state index < -0.39 is 0 Å². The van der Waals surface area contributed by atoms with Crippen molar-refractivity contribution in [2.75, 3.05) is 18.5 Å². The molecular weight excluding hydrogens is 370 g/mol. The molecule has 26 heavy (non-hydrogen) atoms. The summed E-state index contributed by atoms with van der Waals surface area (Å²) in [5.41, 5.74) is 2.03. The smallest absolute Gasteiger partial charge is 0.275 e. The number of hydrogen-bond donors (Lipinski definition) is 2. The summed E-state index contributed by atoms with van der Waals surface area (Å²) >= 11 is 3.03. The van der Waals surface area contributed by atoms with E-state index in [0.29, 0.717) is 23.7 Å². The van der Waals surface area contributed by atoms with Crippen molar-refractivity contribution in [1.82, 2.24) is 10.3 Å². The van der Waals surface area contributed by atoms with Crippen LogP contribution in [0.3, 0.4) is 0 Å². The van der Waals surface area contributed by atoms with Crippen molar-refractivity contribution >= 4 is 40.2 Å². The minimum absolute atomic E-state index is 0.0380. The second-order valence-corrected chi connectivity index (χ2v) is 6.91. The van der Waals surface area contributed by atoms with E-state index in [2.05, 4.69) is 15.6 Å². The molecule has 134 valence electrons. The molecular formula is C18H17N3O3S2. The Balaban J connectivity index is 1.57. The van der Waals surface area contributed by atoms with Crippen molar-refractivity contribution in [1.29, 1.82) is 0 Å². The van der Waals surface area contributed by atoms with Gasteiger partial charge in [-0.25, -0.2) is 4.98 Å². The van der Waals surface area contributed by atoms with Gasteiger partial charge in [0.1, 0.15) is 16.5 Å². The van der Waals surface area contributed by atoms with Crippen molar-refractivity contribution in [2.45, 2.75) is 6.92 Å². The molecule has 2 heterocycles. The van der Waals surface area contributed by atoms with Crippen molar-refractivity contribution in [3.05, 3.63) is 52.2 Å². The maximum absolute atomic E-state index is 12.3. The standard InChI is InChI=1S/C18H17N3O3S2/c1-2-19-16(22)9-24-14-5-3-13(4-6-14)20-17(23)15-11-26-18(21-15)12-7-8-25-10-12/h3-8,10-11H,2,9H2,1H3,(H,19,22)(H,20,23). The quantitative estimate of drug-likeness (QED) is 0.649. The summed E-state index contributed by atoms with van der Waals surface area (Å²) in [5, 5.41) is 12.0. The molecule has 1 aromatic carbocycles. The van der Waals surface area contributed by atoms with Crippen molar-refractivity contribution in [3.63, 3.8) is 0 Å². The molecule has 0 saturated carbocycles. The van der Waals surface area contributed by atoms with Crippen LogP contribution in [-0.4, -0.2) is 29.9 Å². The molecule has 6 nitrogen and oxygen atoms in total. The van der Waals surface area contributed by atoms with Crippen molar-refractivity contribution < 1.29 is 14.3 Å². The van der Waals surface area contributed by atoms with Gasteiger partial charge in [-0.3, -0.25) is 9.59 Å². The molecule has 0 unspecified atom stereocenters. The van der Waals surface area contributed by atoms with Gasteiger partial charge in [0, 0.05) is 28.6 Å². The first kappa shape index (κ1) is 18.1. The van der Waals surface area contributed by atoms with Gasteiger partial charge in [0.05, 0.1) is 0 Å². The summed E-state index contributed by atoms with van der Waals surface area (Å²) in [6.07, 6.45) is 0. The highest BCUT2D eigenvalue weighted by Gasteiger charge is 2.12. The van der Waals surface area contributed by atoms with E-state index in [1.807, 2.05) is 23.8 Å². The molecule has 0 aliphatic heterocycles. The van der Waals surface area contributed by atoms with Crippen LogP contribution in [0, 0.1) is 0 Å². The van der Waals surface area contributed by atoms with Crippen LogP contribution < -0.4 is 15.4 Å². The molecule has 3 aromatic rings. The van der Waals surface area contributed by atoms with E-state index in [9.17, 15) is 9.59 Å². The number of anilines is 1. The third kappa shape index (κ3) is 4.68. The Morgan fingerprint density at radius 2 is 1.96 bits per heavy atom. The molecule has 0 aliphatic rings. The minimum atomic E-state index is -0.265. The molecule has 0 bridgehead atoms. The summed E-state index contributed by atoms with van der Waals surface area (Å²) in [4.78, 5) is 28.1. The van der Waals surface area contributed by atoms with Crippen molar-refractivity contribution in [2.24, 2.45) is 0 Å². The predicted octanol–water partition coefficient (Wildman–Crippen LogP) is 3.64. The molecule has 3 rings (SSSR count). The zero-order chi connectivity index (χ0) is 18.4. The van der Waals surface area contributed by atoms with Crippen LogP contribution in [0.5, 0.6) is 5.75 Å². The summed E-state index contributed by atoms with van der Waals surface area (Å²) in [7, 11) is 0. The maximum atomic E-state index is 12.3. The fourth-order valence-corrected chi connectivity index (χ4v) is 3.64. The topological polar surface area (TPSA) is 80.3 Å². The first-order valence-corrected chi connectivity index (χ1v) is 9.77. The fraction of sp³-hybridized carbons (Fsp3) is 0.167. The maximum Gasteiger partial charge on any atom is 0.275 e. The van der Waals surface area contributed by atoms with Gasteiger partial charge < -0.3 is 15.4 Å². The molecule has 2 aromatic heterocycles. The molecule has 0 aliphatic carbocycles. The molecule has 0 radical (unpaired) electrons. The Kier molecular flexibility index (Phi) is 5.98. The molecule has 0 atom stereocenters. The number of carbonyl (C=O) groups is 2. The largest absolute Gasteiger partial charge is 0.484 e. The summed E-state index contributed by atoms with van der Waals surface area (Å²) in [6.45, 7) is 2.38. The zero-order valence-corrected chi connectivity index (χ0v) is 15.7. The van der Waals surface area contributed by atoms with Crippen molar-refractivity contribution in [3.8, 4) is 16.3 Å². The monoisotopic (exact) mass is 387 g/mol. The molecule has 2 amide bonds. The molecule has 8 heteroatoms. The third-order valence-electron chi connectivity index (χ3n) is 3.36. The number of rotatable bonds is 7. The lowest BCUT2D eigenvalue weighted by Gasteiger charge is -2.07. The van der Waals surface area contributed by atoms with Crippen LogP contribution in [0.2, 0.25) is 0 Å². The van der Waals surface area contributed by atoms with Crippen LogP contribution in [0.15, 0.2) is 46.5 Å². The van der Waals surface area contributed by atoms with Gasteiger partial charge in [-0.2, -0.15) is 11.3 Å². The number of thiazole rings is 1. The molecule has 0 fully saturated rings. The van der Waals surface area contributed by atoms with Gasteiger partial charge in [0.15, 0.2) is 6.61 Å². The highest BCUT2D eigenvalue weighted by Crippen LogP contribution is 2.26. The lowest BCUT2D eigenvalue weighted by atomic mass is 10.3. The number of nitrogens with one attached hydrogen (secondary N) is 2. The molecule has 0 spiro atoms. The molecule has 2 N–H and O–H groups in total. The Morgan fingerprint density at radius 1 is 1.15 bits per heavy atom. The van der Waals surface area contributed by atoms with Crippen LogP contribution in [0.4, 0.5) is 5.69 Å². The van der Waals surface area contributed by atoms with Crippen LogP contribution in [-0.2, 0) is 4.79 Å². The average molecular weight is 387 g/mol. The second kappa shape index (κ2) is 8.59. The zero-order valence-electron chi connectivity index (χ0n) is 14.0. The number of ether oxygens (including phenoxy) is 1. The Bertz CT molecular complexity index is 873. The fourth-order valence-electron chi connectivity index (χ4n) is 2.12. The third-order valence-corrected chi connectivity index (χ3v) is 4.94. The number of nitrogens with zero attached hydrogens (tertiary/aromatic N) is 1. The van der Waals surface area contributed by atoms with Crippen LogP contribution in [0.1, 0.15) is 17.4 Å². The lowest BCUT2D eigenvalue weighted by molar-refractivity contribution is -0.122. The number of aromatic nitrogens is 1. The van der Waals surface area contributed by atoms with E-state index in [4.69, 9.17) is 4.74 Å². The normalized spacial score (nSPS) is 10.3. The Hall–Kier alpha value is -2.71. The number of likely N-dealkylation sites (N-methyl/N-ethyl adjacent to an activating group) is 1. The van der Waals surface area contributed by atoms with Gasteiger partial charge in [-0.15, -0.1) is 11.3 Å². The van der Waals surface area contributed by atoms with Gasteiger partial charge in [0.2, 0.25) is 0 Å². The van der Waals surface area contributed by atoms with E-state index in [0.717, 1.165) is 10.6 Å². The SMILES string of the molecule is CCNC(=O)COc1ccc(NC(=O)c2csc(-c3ccsc3)n2)cc1. The lowest BCUT2D eigenvalue weighted by Crippen LogP contribution is -2.28. The summed E-state index contributed by atoms with van der Waals surface area (Å²) in [5.74, 6) is 0.121. The van der Waals surface area contributed by atoms with E-state index >= 15 is 0 Å². The highest BCUT2D eigenvalue weighted by atomic mass is 32.1. The second-order valence-electron chi connectivity index (χ2n) is 5.27. The number of benzene rings is 1. The van der Waals surface area contributed by atoms with Gasteiger partial charge in [0.25, 0.3) is 11.8 Å². The minimum Gasteiger partial charge on any atom is -0.484 e. The highest BCUT2D eigenvalue weighted by molar-refractivity contribution is 7.14. The number of amides is 2. The Labute approximate surface area is 158 Å². The average Bonchev–Trinajstić information content (AvgIpc) is 3.32. The van der Waals surface area contributed by atoms with Gasteiger partial charge in [-0.1, -0.05) is 0 Å². The van der Waals surface area contributed by atoms with E-state index in [1.165, 1.54) is 11.3 Å². The number of hydrogen-bond acceptors (Lipinski definition) is 6. The summed E-state index contributed by atoms with van der Waals surface area (Å²) in [6, 6.07) is 8.82. The first-order chi connectivity index (χ1) is 12.7. The predicted molar refractivity (Wildman–Crippen MR) is 104 cm³/mol. The first-order valence-electron chi connectivity index (χ1n) is 7.94. The van der Waals surface area contributed by atoms with Gasteiger partial charge >= 0.3 is 0 Å². The number of thiophene rings is 1. The van der Waals surface area contributed by atoms with Crippen LogP contribution in [0.25, 0.3) is 10.6 Å². The van der Waals surface area contributed by atoms with Crippen LogP contribution >= 0.6 is 22.7 Å². The molecule has 0 saturated heterocycles. The van der Waals surface area contributed by atoms with E-state index in [-0.39, 0.29) is 18.4 Å².